The van der Waals surface area contributed by atoms with E-state index in [-0.39, 0.29) is 12.8 Å². The van der Waals surface area contributed by atoms with E-state index in [2.05, 4.69) is 53.3 Å². The van der Waals surface area contributed by atoms with Crippen molar-refractivity contribution < 1.29 is 66.7 Å². The number of hydrogen-bond acceptors (Lipinski definition) is 11. The SMILES string of the molecule is CCCCC/C=C\C[C@H](O)/C=C/C=C\C/C=C\CCCC(=O)O[C@H](COC(=O)CCC/C=C\C/C=C\C/C=C\CCCCCCCC)COP(=O)(O)OC[C@@H](O)COP(=O)(O)O. The van der Waals surface area contributed by atoms with Crippen molar-refractivity contribution in [3.05, 3.63) is 85.1 Å². The van der Waals surface area contributed by atoms with Gasteiger partial charge in [0.15, 0.2) is 6.10 Å². The van der Waals surface area contributed by atoms with Gasteiger partial charge in [0.25, 0.3) is 0 Å². The van der Waals surface area contributed by atoms with Gasteiger partial charge in [0.1, 0.15) is 12.7 Å². The molecule has 0 aliphatic rings. The number of carbonyl (C=O) groups is 2. The fraction of sp³-hybridized carbons (Fsp3) is 0.652. The van der Waals surface area contributed by atoms with Crippen LogP contribution < -0.4 is 0 Å². The average Bonchev–Trinajstić information content (AvgIpc) is 3.23. The smallest absolute Gasteiger partial charge is 0.462 e. The maximum atomic E-state index is 12.6. The molecule has 0 spiro atoms. The summed E-state index contributed by atoms with van der Waals surface area (Å²) >= 11 is 0. The van der Waals surface area contributed by atoms with Crippen LogP contribution in [-0.2, 0) is 41.8 Å². The molecule has 62 heavy (non-hydrogen) atoms. The summed E-state index contributed by atoms with van der Waals surface area (Å²) in [5.74, 6) is -1.20. The third-order valence-electron chi connectivity index (χ3n) is 8.83. The molecule has 0 heterocycles. The van der Waals surface area contributed by atoms with Gasteiger partial charge in [0, 0.05) is 12.8 Å². The largest absolute Gasteiger partial charge is 0.472 e. The number of rotatable bonds is 41. The van der Waals surface area contributed by atoms with Crippen LogP contribution >= 0.6 is 15.6 Å². The van der Waals surface area contributed by atoms with E-state index in [9.17, 15) is 33.8 Å². The lowest BCUT2D eigenvalue weighted by Crippen LogP contribution is -2.29. The van der Waals surface area contributed by atoms with Crippen molar-refractivity contribution in [3.8, 4) is 0 Å². The molecule has 14 nitrogen and oxygen atoms in total. The molecule has 1 unspecified atom stereocenters. The second-order valence-electron chi connectivity index (χ2n) is 14.8. The minimum atomic E-state index is -4.89. The maximum absolute atomic E-state index is 12.6. The Bertz CT molecular complexity index is 1430. The third kappa shape index (κ3) is 43.9. The van der Waals surface area contributed by atoms with Crippen molar-refractivity contribution >= 4 is 27.6 Å². The molecule has 0 fully saturated rings. The Morgan fingerprint density at radius 3 is 1.65 bits per heavy atom. The van der Waals surface area contributed by atoms with Gasteiger partial charge in [0.2, 0.25) is 0 Å². The van der Waals surface area contributed by atoms with E-state index in [0.717, 1.165) is 25.7 Å². The second kappa shape index (κ2) is 41.0. The zero-order valence-electron chi connectivity index (χ0n) is 37.3. The number of ether oxygens (including phenoxy) is 2. The van der Waals surface area contributed by atoms with Crippen LogP contribution in [0.2, 0.25) is 0 Å². The molecule has 0 bridgehead atoms. The first kappa shape index (κ1) is 59.3. The molecule has 0 saturated heterocycles. The molecule has 4 atom stereocenters. The summed E-state index contributed by atoms with van der Waals surface area (Å²) in [5.41, 5.74) is 0. The van der Waals surface area contributed by atoms with E-state index in [1.165, 1.54) is 57.8 Å². The lowest BCUT2D eigenvalue weighted by Gasteiger charge is -2.20. The molecule has 0 aromatic heterocycles. The number of aliphatic hydroxyl groups is 2. The Labute approximate surface area is 371 Å². The van der Waals surface area contributed by atoms with Gasteiger partial charge < -0.3 is 34.4 Å². The lowest BCUT2D eigenvalue weighted by molar-refractivity contribution is -0.161. The average molecular weight is 917 g/mol. The number of phosphoric acid groups is 2. The molecule has 0 aliphatic heterocycles. The van der Waals surface area contributed by atoms with Crippen molar-refractivity contribution in [1.29, 1.82) is 0 Å². The molecular weight excluding hydrogens is 838 g/mol. The second-order valence-corrected chi connectivity index (χ2v) is 17.5. The number of hydrogen-bond donors (Lipinski definition) is 5. The van der Waals surface area contributed by atoms with Crippen molar-refractivity contribution in [2.24, 2.45) is 0 Å². The predicted molar refractivity (Wildman–Crippen MR) is 245 cm³/mol. The van der Waals surface area contributed by atoms with Crippen LogP contribution in [0.25, 0.3) is 0 Å². The summed E-state index contributed by atoms with van der Waals surface area (Å²) in [4.78, 5) is 52.7. The van der Waals surface area contributed by atoms with Crippen LogP contribution in [0.1, 0.15) is 149 Å². The maximum Gasteiger partial charge on any atom is 0.472 e. The van der Waals surface area contributed by atoms with Gasteiger partial charge in [-0.15, -0.1) is 0 Å². The quantitative estimate of drug-likeness (QED) is 0.0127. The summed E-state index contributed by atoms with van der Waals surface area (Å²) in [7, 11) is -9.74. The van der Waals surface area contributed by atoms with Crippen LogP contribution in [0.5, 0.6) is 0 Å². The van der Waals surface area contributed by atoms with Crippen molar-refractivity contribution in [1.82, 2.24) is 0 Å². The first-order valence-electron chi connectivity index (χ1n) is 22.4. The minimum absolute atomic E-state index is 0.00876. The predicted octanol–water partition coefficient (Wildman–Crippen LogP) is 10.5. The van der Waals surface area contributed by atoms with E-state index in [1.54, 1.807) is 6.08 Å². The molecule has 0 rings (SSSR count). The topological polar surface area (TPSA) is 216 Å². The normalized spacial score (nSPS) is 15.3. The number of esters is 2. The zero-order chi connectivity index (χ0) is 46.0. The van der Waals surface area contributed by atoms with Crippen molar-refractivity contribution in [2.75, 3.05) is 26.4 Å². The molecule has 356 valence electrons. The zero-order valence-corrected chi connectivity index (χ0v) is 39.1. The molecule has 5 N–H and O–H groups in total. The fourth-order valence-corrected chi connectivity index (χ4v) is 6.54. The van der Waals surface area contributed by atoms with Crippen LogP contribution in [0, 0.1) is 0 Å². The highest BCUT2D eigenvalue weighted by atomic mass is 31.2. The third-order valence-corrected chi connectivity index (χ3v) is 10.3. The number of carbonyl (C=O) groups excluding carboxylic acids is 2. The minimum Gasteiger partial charge on any atom is -0.462 e. The van der Waals surface area contributed by atoms with Gasteiger partial charge in [-0.2, -0.15) is 0 Å². The van der Waals surface area contributed by atoms with Crippen molar-refractivity contribution in [2.45, 2.75) is 167 Å². The summed E-state index contributed by atoms with van der Waals surface area (Å²) in [6.45, 7) is 1.50. The number of aliphatic hydroxyl groups excluding tert-OH is 2. The number of unbranched alkanes of at least 4 members (excludes halogenated alkanes) is 11. The Morgan fingerprint density at radius 1 is 0.532 bits per heavy atom. The Kier molecular flexibility index (Phi) is 39.2. The summed E-state index contributed by atoms with van der Waals surface area (Å²) in [5, 5.41) is 19.8. The van der Waals surface area contributed by atoms with Crippen molar-refractivity contribution in [3.63, 3.8) is 0 Å². The van der Waals surface area contributed by atoms with Crippen LogP contribution in [0.3, 0.4) is 0 Å². The fourth-order valence-electron chi connectivity index (χ4n) is 5.38. The van der Waals surface area contributed by atoms with Gasteiger partial charge in [0.05, 0.1) is 25.9 Å². The molecule has 0 amide bonds. The van der Waals surface area contributed by atoms with Gasteiger partial charge in [-0.3, -0.25) is 23.2 Å². The van der Waals surface area contributed by atoms with E-state index in [4.69, 9.17) is 23.8 Å². The van der Waals surface area contributed by atoms with Gasteiger partial charge in [-0.05, 0) is 77.0 Å². The van der Waals surface area contributed by atoms with Gasteiger partial charge in [-0.1, -0.05) is 144 Å². The van der Waals surface area contributed by atoms with E-state index in [1.807, 2.05) is 48.6 Å². The number of phosphoric ester groups is 2. The highest BCUT2D eigenvalue weighted by Gasteiger charge is 2.28. The molecular formula is C46H78O14P2. The highest BCUT2D eigenvalue weighted by molar-refractivity contribution is 7.47. The monoisotopic (exact) mass is 916 g/mol. The molecule has 0 aromatic rings. The summed E-state index contributed by atoms with van der Waals surface area (Å²) in [6, 6.07) is 0. The van der Waals surface area contributed by atoms with Crippen LogP contribution in [0.4, 0.5) is 0 Å². The first-order valence-corrected chi connectivity index (χ1v) is 25.4. The number of allylic oxidation sites excluding steroid dienone is 12. The molecule has 0 saturated carbocycles. The first-order chi connectivity index (χ1) is 29.8. The van der Waals surface area contributed by atoms with Crippen LogP contribution in [-0.4, -0.2) is 81.6 Å². The standard InChI is InChI=1S/C46H78O14P2/c1-3-5-7-9-11-12-13-14-15-16-17-18-19-20-24-28-32-36-45(49)56-40-44(41-59-62(54,55)58-39-43(48)38-57-61(51,52)53)60-46(50)37-33-29-25-22-21-23-27-31-35-42(47)34-30-26-10-8-6-4-2/h14-15,17-18,20,22-27,30-31,35,42-44,47-48H,3-13,16,19,21,28-29,32-34,36-41H2,1-2H3,(H,54,55)(H2,51,52,53)/b15-14-,18-17-,24-20-,25-22-,27-23-,30-26-,35-31+/t42-,43-,44+/m0/s1. The Hall–Kier alpha value is -2.74. The van der Waals surface area contributed by atoms with Gasteiger partial charge in [-0.25, -0.2) is 9.13 Å². The van der Waals surface area contributed by atoms with E-state index >= 15 is 0 Å². The molecule has 0 radical (unpaired) electrons. The summed E-state index contributed by atoms with van der Waals surface area (Å²) in [6.07, 6.45) is 43.3. The lowest BCUT2D eigenvalue weighted by atomic mass is 10.1. The molecule has 0 aliphatic carbocycles. The van der Waals surface area contributed by atoms with Crippen LogP contribution in [0.15, 0.2) is 85.1 Å². The molecule has 0 aromatic carbocycles. The molecule has 16 heteroatoms. The van der Waals surface area contributed by atoms with E-state index < -0.39 is 72.3 Å². The Balaban J connectivity index is 4.76. The van der Waals surface area contributed by atoms with Gasteiger partial charge >= 0.3 is 27.6 Å². The van der Waals surface area contributed by atoms with E-state index in [0.29, 0.717) is 38.5 Å². The highest BCUT2D eigenvalue weighted by Crippen LogP contribution is 2.43. The Morgan fingerprint density at radius 2 is 1.02 bits per heavy atom. The summed E-state index contributed by atoms with van der Waals surface area (Å²) < 4.78 is 47.6.